The monoisotopic (exact) mass is 482 g/mol. The van der Waals surface area contributed by atoms with Crippen LogP contribution in [0.5, 0.6) is 0 Å². The van der Waals surface area contributed by atoms with E-state index >= 15 is 0 Å². The van der Waals surface area contributed by atoms with Crippen LogP contribution in [0.25, 0.3) is 10.2 Å². The van der Waals surface area contributed by atoms with E-state index in [9.17, 15) is 9.59 Å². The van der Waals surface area contributed by atoms with E-state index in [0.717, 1.165) is 10.3 Å². The molecule has 0 saturated carbocycles. The number of amides is 1. The molecule has 1 aromatic heterocycles. The van der Waals surface area contributed by atoms with E-state index in [1.165, 1.54) is 11.3 Å². The SMILES string of the molecule is O=C(c1ccccc1)c1ccc(C(=O)N(Cc2ccccc2)c2nc3c(Cl)cccc3s2)cc1. The largest absolute Gasteiger partial charge is 0.289 e. The zero-order valence-corrected chi connectivity index (χ0v) is 19.6. The Morgan fingerprint density at radius 1 is 0.735 bits per heavy atom. The van der Waals surface area contributed by atoms with Crippen LogP contribution in [-0.4, -0.2) is 16.7 Å². The van der Waals surface area contributed by atoms with Gasteiger partial charge in [0.05, 0.1) is 16.3 Å². The lowest BCUT2D eigenvalue weighted by Crippen LogP contribution is -2.30. The minimum Gasteiger partial charge on any atom is -0.289 e. The second kappa shape index (κ2) is 9.59. The zero-order valence-electron chi connectivity index (χ0n) is 18.0. The molecule has 0 radical (unpaired) electrons. The maximum Gasteiger partial charge on any atom is 0.260 e. The van der Waals surface area contributed by atoms with Crippen LogP contribution in [-0.2, 0) is 6.54 Å². The molecule has 166 valence electrons. The Labute approximate surface area is 206 Å². The van der Waals surface area contributed by atoms with Crippen molar-refractivity contribution in [2.45, 2.75) is 6.54 Å². The van der Waals surface area contributed by atoms with E-state index in [1.54, 1.807) is 47.4 Å². The van der Waals surface area contributed by atoms with Gasteiger partial charge < -0.3 is 0 Å². The first-order valence-corrected chi connectivity index (χ1v) is 11.9. The summed E-state index contributed by atoms with van der Waals surface area (Å²) < 4.78 is 0.914. The Hall–Kier alpha value is -3.80. The maximum absolute atomic E-state index is 13.6. The Kier molecular flexibility index (Phi) is 6.21. The molecule has 0 aliphatic carbocycles. The van der Waals surface area contributed by atoms with Gasteiger partial charge in [0.1, 0.15) is 5.52 Å². The van der Waals surface area contributed by atoms with Crippen LogP contribution in [0, 0.1) is 0 Å². The first-order chi connectivity index (χ1) is 16.6. The molecule has 0 aliphatic rings. The predicted molar refractivity (Wildman–Crippen MR) is 138 cm³/mol. The molecular formula is C28H19ClN2O2S. The lowest BCUT2D eigenvalue weighted by molar-refractivity contribution is 0.0982. The number of rotatable bonds is 6. The lowest BCUT2D eigenvalue weighted by Gasteiger charge is -2.20. The Balaban J connectivity index is 1.48. The molecule has 0 N–H and O–H groups in total. The molecule has 5 aromatic rings. The number of anilines is 1. The van der Waals surface area contributed by atoms with Crippen molar-refractivity contribution in [1.82, 2.24) is 4.98 Å². The van der Waals surface area contributed by atoms with Crippen LogP contribution < -0.4 is 4.90 Å². The van der Waals surface area contributed by atoms with Crippen LogP contribution in [0.2, 0.25) is 5.02 Å². The number of fused-ring (bicyclic) bond motifs is 1. The summed E-state index contributed by atoms with van der Waals surface area (Å²) in [4.78, 5) is 32.7. The Morgan fingerprint density at radius 2 is 1.35 bits per heavy atom. The molecule has 5 rings (SSSR count). The molecule has 1 amide bonds. The van der Waals surface area contributed by atoms with Gasteiger partial charge in [0.2, 0.25) is 0 Å². The van der Waals surface area contributed by atoms with Gasteiger partial charge in [0, 0.05) is 16.7 Å². The summed E-state index contributed by atoms with van der Waals surface area (Å²) in [5, 5.41) is 1.12. The zero-order chi connectivity index (χ0) is 23.5. The summed E-state index contributed by atoms with van der Waals surface area (Å²) in [6.45, 7) is 0.363. The highest BCUT2D eigenvalue weighted by atomic mass is 35.5. The minimum atomic E-state index is -0.197. The fraction of sp³-hybridized carbons (Fsp3) is 0.0357. The molecule has 0 bridgehead atoms. The summed E-state index contributed by atoms with van der Waals surface area (Å²) in [6.07, 6.45) is 0. The van der Waals surface area contributed by atoms with Gasteiger partial charge in [-0.1, -0.05) is 102 Å². The van der Waals surface area contributed by atoms with Crippen LogP contribution in [0.15, 0.2) is 103 Å². The summed E-state index contributed by atoms with van der Waals surface area (Å²) in [7, 11) is 0. The van der Waals surface area contributed by atoms with E-state index in [1.807, 2.05) is 60.7 Å². The quantitative estimate of drug-likeness (QED) is 0.244. The number of carbonyl (C=O) groups excluding carboxylic acids is 2. The molecule has 34 heavy (non-hydrogen) atoms. The standard InChI is InChI=1S/C28H19ClN2O2S/c29-23-12-7-13-24-25(23)30-28(34-24)31(18-19-8-3-1-4-9-19)27(33)22-16-14-21(15-17-22)26(32)20-10-5-2-6-11-20/h1-17H,18H2. The first-order valence-electron chi connectivity index (χ1n) is 10.7. The van der Waals surface area contributed by atoms with Crippen molar-refractivity contribution in [1.29, 1.82) is 0 Å². The number of thiazole rings is 1. The topological polar surface area (TPSA) is 50.3 Å². The van der Waals surface area contributed by atoms with Gasteiger partial charge >= 0.3 is 0 Å². The molecule has 4 nitrogen and oxygen atoms in total. The number of benzene rings is 4. The van der Waals surface area contributed by atoms with Crippen molar-refractivity contribution in [3.63, 3.8) is 0 Å². The molecule has 6 heteroatoms. The van der Waals surface area contributed by atoms with Crippen LogP contribution in [0.3, 0.4) is 0 Å². The molecule has 0 atom stereocenters. The van der Waals surface area contributed by atoms with Gasteiger partial charge in [-0.2, -0.15) is 0 Å². The number of ketones is 1. The summed E-state index contributed by atoms with van der Waals surface area (Å²) in [5.74, 6) is -0.278. The van der Waals surface area contributed by atoms with Crippen LogP contribution in [0.1, 0.15) is 31.8 Å². The number of hydrogen-bond acceptors (Lipinski definition) is 4. The van der Waals surface area contributed by atoms with Gasteiger partial charge in [-0.25, -0.2) is 4.98 Å². The first kappa shape index (κ1) is 22.0. The van der Waals surface area contributed by atoms with Crippen molar-refractivity contribution in [3.05, 3.63) is 130 Å². The summed E-state index contributed by atoms with van der Waals surface area (Å²) in [5.41, 5.74) is 3.28. The highest BCUT2D eigenvalue weighted by Crippen LogP contribution is 2.34. The van der Waals surface area contributed by atoms with Gasteiger partial charge in [-0.05, 0) is 29.8 Å². The van der Waals surface area contributed by atoms with Gasteiger partial charge in [-0.3, -0.25) is 14.5 Å². The molecule has 1 heterocycles. The Morgan fingerprint density at radius 3 is 2.03 bits per heavy atom. The fourth-order valence-electron chi connectivity index (χ4n) is 3.69. The normalized spacial score (nSPS) is 10.9. The third-order valence-electron chi connectivity index (χ3n) is 5.45. The predicted octanol–water partition coefficient (Wildman–Crippen LogP) is 7.03. The lowest BCUT2D eigenvalue weighted by atomic mass is 10.0. The third-order valence-corrected chi connectivity index (χ3v) is 6.80. The fourth-order valence-corrected chi connectivity index (χ4v) is 4.95. The summed E-state index contributed by atoms with van der Waals surface area (Å²) >= 11 is 7.76. The number of aromatic nitrogens is 1. The Bertz CT molecular complexity index is 1470. The van der Waals surface area contributed by atoms with Crippen molar-refractivity contribution in [2.75, 3.05) is 4.90 Å². The van der Waals surface area contributed by atoms with Gasteiger partial charge in [0.15, 0.2) is 10.9 Å². The molecule has 0 unspecified atom stereocenters. The van der Waals surface area contributed by atoms with Crippen LogP contribution in [0.4, 0.5) is 5.13 Å². The van der Waals surface area contributed by atoms with E-state index in [0.29, 0.717) is 38.9 Å². The molecule has 0 fully saturated rings. The van der Waals surface area contributed by atoms with Gasteiger partial charge in [-0.15, -0.1) is 0 Å². The van der Waals surface area contributed by atoms with Gasteiger partial charge in [0.25, 0.3) is 5.91 Å². The molecule has 4 aromatic carbocycles. The second-order valence-corrected chi connectivity index (χ2v) is 9.15. The van der Waals surface area contributed by atoms with Crippen molar-refractivity contribution >= 4 is 50.0 Å². The highest BCUT2D eigenvalue weighted by Gasteiger charge is 2.23. The summed E-state index contributed by atoms with van der Waals surface area (Å²) in [6, 6.07) is 31.2. The average Bonchev–Trinajstić information content (AvgIpc) is 3.33. The smallest absolute Gasteiger partial charge is 0.260 e. The highest BCUT2D eigenvalue weighted by molar-refractivity contribution is 7.22. The maximum atomic E-state index is 13.6. The number of carbonyl (C=O) groups is 2. The van der Waals surface area contributed by atoms with Crippen molar-refractivity contribution in [3.8, 4) is 0 Å². The number of para-hydroxylation sites is 1. The second-order valence-electron chi connectivity index (χ2n) is 7.73. The average molecular weight is 483 g/mol. The number of nitrogens with zero attached hydrogens (tertiary/aromatic N) is 2. The molecule has 0 saturated heterocycles. The number of halogens is 1. The van der Waals surface area contributed by atoms with E-state index in [2.05, 4.69) is 4.98 Å². The van der Waals surface area contributed by atoms with E-state index < -0.39 is 0 Å². The van der Waals surface area contributed by atoms with E-state index in [4.69, 9.17) is 11.6 Å². The van der Waals surface area contributed by atoms with Crippen molar-refractivity contribution < 1.29 is 9.59 Å². The minimum absolute atomic E-state index is 0.0819. The third kappa shape index (κ3) is 4.49. The van der Waals surface area contributed by atoms with E-state index in [-0.39, 0.29) is 11.7 Å². The van der Waals surface area contributed by atoms with Crippen LogP contribution >= 0.6 is 22.9 Å². The number of hydrogen-bond donors (Lipinski definition) is 0. The molecular weight excluding hydrogens is 464 g/mol. The molecule has 0 aliphatic heterocycles. The molecule has 0 spiro atoms. The van der Waals surface area contributed by atoms with Crippen molar-refractivity contribution in [2.24, 2.45) is 0 Å².